The summed E-state index contributed by atoms with van der Waals surface area (Å²) in [6, 6.07) is 16.1. The van der Waals surface area contributed by atoms with Gasteiger partial charge in [-0.25, -0.2) is 4.98 Å². The average Bonchev–Trinajstić information content (AvgIpc) is 3.22. The molecule has 3 aromatic rings. The molecule has 26 heavy (non-hydrogen) atoms. The lowest BCUT2D eigenvalue weighted by molar-refractivity contribution is 0.0953. The molecule has 0 saturated carbocycles. The van der Waals surface area contributed by atoms with Crippen LogP contribution in [0.4, 0.5) is 0 Å². The largest absolute Gasteiger partial charge is 0.352 e. The van der Waals surface area contributed by atoms with Crippen LogP contribution in [-0.4, -0.2) is 22.0 Å². The highest BCUT2D eigenvalue weighted by Crippen LogP contribution is 2.10. The van der Waals surface area contributed by atoms with Crippen molar-refractivity contribution in [2.45, 2.75) is 26.4 Å². The maximum atomic E-state index is 12.0. The first kappa shape index (κ1) is 17.9. The van der Waals surface area contributed by atoms with E-state index in [4.69, 9.17) is 0 Å². The molecule has 1 aromatic heterocycles. The molecular weight excluding hydrogens is 324 g/mol. The van der Waals surface area contributed by atoms with Gasteiger partial charge in [-0.1, -0.05) is 31.2 Å². The maximum Gasteiger partial charge on any atom is 0.251 e. The number of amides is 1. The zero-order chi connectivity index (χ0) is 18.2. The van der Waals surface area contributed by atoms with Gasteiger partial charge < -0.3 is 15.2 Å². The quantitative estimate of drug-likeness (QED) is 0.657. The molecule has 0 unspecified atom stereocenters. The van der Waals surface area contributed by atoms with Crippen molar-refractivity contribution in [1.29, 1.82) is 0 Å². The second-order valence-electron chi connectivity index (χ2n) is 6.20. The van der Waals surface area contributed by atoms with Gasteiger partial charge in [-0.15, -0.1) is 0 Å². The molecule has 0 radical (unpaired) electrons. The molecule has 0 bridgehead atoms. The molecule has 0 aliphatic carbocycles. The number of carbonyl (C=O) groups is 1. The number of carbonyl (C=O) groups excluding carboxylic acids is 1. The Morgan fingerprint density at radius 2 is 1.88 bits per heavy atom. The molecule has 5 nitrogen and oxygen atoms in total. The molecule has 1 amide bonds. The second kappa shape index (κ2) is 8.97. The average molecular weight is 348 g/mol. The highest BCUT2D eigenvalue weighted by atomic mass is 16.1. The summed E-state index contributed by atoms with van der Waals surface area (Å²) in [5.41, 5.74) is 4.12. The summed E-state index contributed by atoms with van der Waals surface area (Å²) in [6.07, 6.45) is 6.42. The number of hydrogen-bond acceptors (Lipinski definition) is 3. The molecule has 0 aliphatic rings. The van der Waals surface area contributed by atoms with Gasteiger partial charge in [-0.3, -0.25) is 4.79 Å². The number of rotatable bonds is 8. The van der Waals surface area contributed by atoms with Crippen LogP contribution in [0.1, 0.15) is 34.8 Å². The van der Waals surface area contributed by atoms with Crippen LogP contribution in [0.3, 0.4) is 0 Å². The zero-order valence-corrected chi connectivity index (χ0v) is 15.0. The van der Waals surface area contributed by atoms with E-state index in [0.29, 0.717) is 12.1 Å². The molecule has 0 aliphatic heterocycles. The Hall–Kier alpha value is -2.92. The van der Waals surface area contributed by atoms with E-state index in [0.717, 1.165) is 30.8 Å². The fraction of sp³-hybridized carbons (Fsp3) is 0.238. The van der Waals surface area contributed by atoms with Crippen LogP contribution in [-0.2, 0) is 13.1 Å². The Kier molecular flexibility index (Phi) is 6.17. The van der Waals surface area contributed by atoms with Crippen molar-refractivity contribution in [3.05, 3.63) is 83.9 Å². The standard InChI is InChI=1S/C21H24N4O/c1-2-10-24-21(26)19-5-3-4-18(13-19)15-23-14-17-6-8-20(9-7-17)25-12-11-22-16-25/h3-9,11-13,16,23H,2,10,14-15H2,1H3,(H,24,26). The highest BCUT2D eigenvalue weighted by molar-refractivity contribution is 5.94. The minimum atomic E-state index is -0.0104. The summed E-state index contributed by atoms with van der Waals surface area (Å²) >= 11 is 0. The molecule has 3 rings (SSSR count). The van der Waals surface area contributed by atoms with Crippen molar-refractivity contribution in [1.82, 2.24) is 20.2 Å². The lowest BCUT2D eigenvalue weighted by atomic mass is 10.1. The molecule has 0 saturated heterocycles. The number of aromatic nitrogens is 2. The Balaban J connectivity index is 1.52. The lowest BCUT2D eigenvalue weighted by Crippen LogP contribution is -2.24. The molecule has 134 valence electrons. The molecule has 2 aromatic carbocycles. The fourth-order valence-electron chi connectivity index (χ4n) is 2.71. The van der Waals surface area contributed by atoms with Crippen molar-refractivity contribution in [2.24, 2.45) is 0 Å². The normalized spacial score (nSPS) is 10.7. The van der Waals surface area contributed by atoms with E-state index in [-0.39, 0.29) is 5.91 Å². The molecule has 1 heterocycles. The smallest absolute Gasteiger partial charge is 0.251 e. The van der Waals surface area contributed by atoms with Crippen LogP contribution in [0.25, 0.3) is 5.69 Å². The van der Waals surface area contributed by atoms with Gasteiger partial charge in [-0.2, -0.15) is 0 Å². The number of benzene rings is 2. The molecule has 0 spiro atoms. The predicted molar refractivity (Wildman–Crippen MR) is 103 cm³/mol. The van der Waals surface area contributed by atoms with Gasteiger partial charge in [0.05, 0.1) is 6.33 Å². The Morgan fingerprint density at radius 3 is 2.62 bits per heavy atom. The maximum absolute atomic E-state index is 12.0. The molecule has 5 heteroatoms. The van der Waals surface area contributed by atoms with Crippen LogP contribution < -0.4 is 10.6 Å². The summed E-state index contributed by atoms with van der Waals surface area (Å²) in [5.74, 6) is -0.0104. The van der Waals surface area contributed by atoms with Gasteiger partial charge in [0.15, 0.2) is 0 Å². The summed E-state index contributed by atoms with van der Waals surface area (Å²) in [7, 11) is 0. The van der Waals surface area contributed by atoms with Crippen LogP contribution in [0.2, 0.25) is 0 Å². The van der Waals surface area contributed by atoms with Crippen molar-refractivity contribution in [2.75, 3.05) is 6.54 Å². The van der Waals surface area contributed by atoms with Crippen molar-refractivity contribution < 1.29 is 4.79 Å². The number of hydrogen-bond donors (Lipinski definition) is 2. The molecule has 0 fully saturated rings. The van der Waals surface area contributed by atoms with Crippen molar-refractivity contribution in [3.8, 4) is 5.69 Å². The van der Waals surface area contributed by atoms with Gasteiger partial charge in [0.1, 0.15) is 0 Å². The minimum absolute atomic E-state index is 0.0104. The van der Waals surface area contributed by atoms with Crippen LogP contribution >= 0.6 is 0 Å². The first-order chi connectivity index (χ1) is 12.8. The van der Waals surface area contributed by atoms with E-state index in [1.807, 2.05) is 42.0 Å². The number of nitrogens with one attached hydrogen (secondary N) is 2. The van der Waals surface area contributed by atoms with Crippen LogP contribution in [0, 0.1) is 0 Å². The predicted octanol–water partition coefficient (Wildman–Crippen LogP) is 3.30. The van der Waals surface area contributed by atoms with Gasteiger partial charge in [0.2, 0.25) is 0 Å². The number of nitrogens with zero attached hydrogens (tertiary/aromatic N) is 2. The zero-order valence-electron chi connectivity index (χ0n) is 15.0. The second-order valence-corrected chi connectivity index (χ2v) is 6.20. The van der Waals surface area contributed by atoms with E-state index < -0.39 is 0 Å². The third-order valence-electron chi connectivity index (χ3n) is 4.12. The van der Waals surface area contributed by atoms with E-state index in [9.17, 15) is 4.79 Å². The van der Waals surface area contributed by atoms with E-state index in [1.165, 1.54) is 5.56 Å². The van der Waals surface area contributed by atoms with E-state index >= 15 is 0 Å². The van der Waals surface area contributed by atoms with Crippen LogP contribution in [0.15, 0.2) is 67.3 Å². The summed E-state index contributed by atoms with van der Waals surface area (Å²) in [4.78, 5) is 16.1. The monoisotopic (exact) mass is 348 g/mol. The van der Waals surface area contributed by atoms with Crippen molar-refractivity contribution in [3.63, 3.8) is 0 Å². The van der Waals surface area contributed by atoms with Crippen LogP contribution in [0.5, 0.6) is 0 Å². The number of imidazole rings is 1. The third kappa shape index (κ3) is 4.80. The van der Waals surface area contributed by atoms with Gasteiger partial charge >= 0.3 is 0 Å². The fourth-order valence-corrected chi connectivity index (χ4v) is 2.71. The highest BCUT2D eigenvalue weighted by Gasteiger charge is 2.05. The molecule has 0 atom stereocenters. The summed E-state index contributed by atoms with van der Waals surface area (Å²) in [5, 5.41) is 6.34. The minimum Gasteiger partial charge on any atom is -0.352 e. The topological polar surface area (TPSA) is 59.0 Å². The Bertz CT molecular complexity index is 825. The molecular formula is C21H24N4O. The first-order valence-corrected chi connectivity index (χ1v) is 8.91. The molecule has 2 N–H and O–H groups in total. The Labute approximate surface area is 154 Å². The van der Waals surface area contributed by atoms with Gasteiger partial charge in [0, 0.05) is 43.3 Å². The van der Waals surface area contributed by atoms with E-state index in [1.54, 1.807) is 12.5 Å². The first-order valence-electron chi connectivity index (χ1n) is 8.91. The van der Waals surface area contributed by atoms with Crippen molar-refractivity contribution >= 4 is 5.91 Å². The summed E-state index contributed by atoms with van der Waals surface area (Å²) in [6.45, 7) is 4.24. The lowest BCUT2D eigenvalue weighted by Gasteiger charge is -2.09. The summed E-state index contributed by atoms with van der Waals surface area (Å²) < 4.78 is 1.98. The van der Waals surface area contributed by atoms with Gasteiger partial charge in [-0.05, 0) is 41.8 Å². The third-order valence-corrected chi connectivity index (χ3v) is 4.12. The van der Waals surface area contributed by atoms with E-state index in [2.05, 4.69) is 39.9 Å². The van der Waals surface area contributed by atoms with Gasteiger partial charge in [0.25, 0.3) is 5.91 Å². The SMILES string of the molecule is CCCNC(=O)c1cccc(CNCc2ccc(-n3ccnc3)cc2)c1. The Morgan fingerprint density at radius 1 is 1.08 bits per heavy atom.